The smallest absolute Gasteiger partial charge is 0.316 e. The highest BCUT2D eigenvalue weighted by molar-refractivity contribution is 7.84. The highest BCUT2D eigenvalue weighted by Crippen LogP contribution is 2.51. The molecule has 0 aromatic heterocycles. The van der Waals surface area contributed by atoms with Crippen LogP contribution in [0.5, 0.6) is 0 Å². The Morgan fingerprint density at radius 2 is 1.79 bits per heavy atom. The average Bonchev–Trinajstić information content (AvgIpc) is 3.28. The minimum atomic E-state index is -1.12. The Bertz CT molecular complexity index is 968. The number of hydrogen-bond donors (Lipinski definition) is 1. The van der Waals surface area contributed by atoms with E-state index < -0.39 is 22.6 Å². The van der Waals surface area contributed by atoms with Crippen molar-refractivity contribution in [1.29, 1.82) is 0 Å². The van der Waals surface area contributed by atoms with Crippen molar-refractivity contribution in [2.45, 2.75) is 36.0 Å². The van der Waals surface area contributed by atoms with Gasteiger partial charge in [0.2, 0.25) is 0 Å². The van der Waals surface area contributed by atoms with E-state index >= 15 is 0 Å². The van der Waals surface area contributed by atoms with Gasteiger partial charge in [-0.3, -0.25) is 13.8 Å². The molecule has 2 aliphatic rings. The number of fused-ring (bicyclic) bond motifs is 2. The molecule has 1 spiro atoms. The van der Waals surface area contributed by atoms with Gasteiger partial charge in [-0.15, -0.1) is 0 Å². The van der Waals surface area contributed by atoms with Crippen LogP contribution in [0, 0.1) is 5.82 Å². The summed E-state index contributed by atoms with van der Waals surface area (Å²) in [6.45, 7) is 0.337. The number of carbonyl (C=O) groups is 2. The largest absolute Gasteiger partial charge is 0.318 e. The lowest BCUT2D eigenvalue weighted by Crippen LogP contribution is -2.41. The minimum Gasteiger partial charge on any atom is -0.318 e. The molecule has 1 saturated carbocycles. The molecule has 1 heterocycles. The third-order valence-corrected chi connectivity index (χ3v) is 6.65. The van der Waals surface area contributed by atoms with E-state index in [1.807, 2.05) is 0 Å². The molecule has 0 radical (unpaired) electrons. The van der Waals surface area contributed by atoms with Crippen molar-refractivity contribution in [2.75, 3.05) is 23.0 Å². The van der Waals surface area contributed by atoms with Gasteiger partial charge in [0, 0.05) is 45.2 Å². The summed E-state index contributed by atoms with van der Waals surface area (Å²) >= 11 is 0. The Kier molecular flexibility index (Phi) is 4.79. The van der Waals surface area contributed by atoms with Gasteiger partial charge in [-0.25, -0.2) is 4.39 Å². The number of rotatable bonds is 2. The lowest BCUT2D eigenvalue weighted by molar-refractivity contribution is -0.134. The van der Waals surface area contributed by atoms with Gasteiger partial charge in [-0.1, -0.05) is 18.9 Å². The first-order chi connectivity index (χ1) is 13.4. The number of hydrogen-bond acceptors (Lipinski definition) is 3. The molecule has 0 bridgehead atoms. The van der Waals surface area contributed by atoms with Crippen molar-refractivity contribution in [3.63, 3.8) is 0 Å². The van der Waals surface area contributed by atoms with E-state index in [0.717, 1.165) is 25.7 Å². The standard InChI is InChI=1S/C21H21FN2O3S/c1-28(27)15-9-7-14(8-10-15)23-19(25)20(26)24-13-21(11-2-3-12-21)18-16(22)5-4-6-17(18)24/h4-10H,2-3,11-13H2,1H3,(H,23,25). The van der Waals surface area contributed by atoms with Crippen molar-refractivity contribution in [3.05, 3.63) is 53.8 Å². The van der Waals surface area contributed by atoms with Gasteiger partial charge in [0.15, 0.2) is 0 Å². The van der Waals surface area contributed by atoms with Crippen molar-refractivity contribution >= 4 is 34.0 Å². The molecular formula is C21H21FN2O3S. The molecule has 2 amide bonds. The average molecular weight is 400 g/mol. The van der Waals surface area contributed by atoms with E-state index in [9.17, 15) is 18.2 Å². The third kappa shape index (κ3) is 3.13. The van der Waals surface area contributed by atoms with Gasteiger partial charge in [-0.2, -0.15) is 0 Å². The SMILES string of the molecule is CS(=O)c1ccc(NC(=O)C(=O)N2CC3(CCCC3)c3c(F)cccc32)cc1. The predicted molar refractivity (Wildman–Crippen MR) is 106 cm³/mol. The van der Waals surface area contributed by atoms with Gasteiger partial charge in [0.1, 0.15) is 5.82 Å². The Hall–Kier alpha value is -2.54. The van der Waals surface area contributed by atoms with Crippen molar-refractivity contribution in [2.24, 2.45) is 0 Å². The maximum atomic E-state index is 14.6. The van der Waals surface area contributed by atoms with Crippen LogP contribution in [0.2, 0.25) is 0 Å². The molecule has 1 N–H and O–H groups in total. The quantitative estimate of drug-likeness (QED) is 0.786. The molecule has 1 aliphatic carbocycles. The second kappa shape index (κ2) is 7.13. The Balaban J connectivity index is 1.57. The van der Waals surface area contributed by atoms with Crippen LogP contribution >= 0.6 is 0 Å². The van der Waals surface area contributed by atoms with Crippen LogP contribution in [0.3, 0.4) is 0 Å². The minimum absolute atomic E-state index is 0.307. The summed E-state index contributed by atoms with van der Waals surface area (Å²) in [7, 11) is -1.12. The van der Waals surface area contributed by atoms with Gasteiger partial charge in [0.05, 0.1) is 5.69 Å². The van der Waals surface area contributed by atoms with Gasteiger partial charge in [-0.05, 0) is 49.2 Å². The second-order valence-corrected chi connectivity index (χ2v) is 8.82. The number of amides is 2. The zero-order chi connectivity index (χ0) is 19.9. The van der Waals surface area contributed by atoms with E-state index in [1.165, 1.54) is 11.0 Å². The first-order valence-corrected chi connectivity index (χ1v) is 10.8. The summed E-state index contributed by atoms with van der Waals surface area (Å²) in [6.07, 6.45) is 5.20. The molecule has 2 aromatic rings. The number of nitrogens with zero attached hydrogens (tertiary/aromatic N) is 1. The van der Waals surface area contributed by atoms with E-state index in [2.05, 4.69) is 5.32 Å². The normalized spacial score (nSPS) is 18.1. The molecule has 5 nitrogen and oxygen atoms in total. The van der Waals surface area contributed by atoms with Crippen LogP contribution in [-0.4, -0.2) is 28.8 Å². The number of nitrogens with one attached hydrogen (secondary N) is 1. The van der Waals surface area contributed by atoms with Crippen LogP contribution in [0.15, 0.2) is 47.4 Å². The maximum absolute atomic E-state index is 14.6. The van der Waals surface area contributed by atoms with E-state index in [4.69, 9.17) is 0 Å². The van der Waals surface area contributed by atoms with E-state index in [0.29, 0.717) is 28.4 Å². The summed E-state index contributed by atoms with van der Waals surface area (Å²) in [5, 5.41) is 2.59. The zero-order valence-electron chi connectivity index (χ0n) is 15.5. The molecule has 146 valence electrons. The fraction of sp³-hybridized carbons (Fsp3) is 0.333. The molecule has 1 aliphatic heterocycles. The van der Waals surface area contributed by atoms with Crippen LogP contribution in [-0.2, 0) is 25.8 Å². The van der Waals surface area contributed by atoms with Crippen LogP contribution < -0.4 is 10.2 Å². The highest BCUT2D eigenvalue weighted by atomic mass is 32.2. The second-order valence-electron chi connectivity index (χ2n) is 7.45. The molecule has 1 unspecified atom stereocenters. The molecule has 4 rings (SSSR count). The monoisotopic (exact) mass is 400 g/mol. The summed E-state index contributed by atoms with van der Waals surface area (Å²) in [4.78, 5) is 27.5. The number of anilines is 2. The Morgan fingerprint density at radius 1 is 1.11 bits per heavy atom. The lowest BCUT2D eigenvalue weighted by Gasteiger charge is -2.24. The van der Waals surface area contributed by atoms with Gasteiger partial charge >= 0.3 is 11.8 Å². The lowest BCUT2D eigenvalue weighted by atomic mass is 9.80. The third-order valence-electron chi connectivity index (χ3n) is 5.72. The van der Waals surface area contributed by atoms with Gasteiger partial charge in [0.25, 0.3) is 0 Å². The molecule has 1 atom stereocenters. The van der Waals surface area contributed by atoms with Crippen LogP contribution in [0.4, 0.5) is 15.8 Å². The first-order valence-electron chi connectivity index (χ1n) is 9.27. The molecule has 1 fully saturated rings. The Labute approximate surface area is 165 Å². The molecule has 28 heavy (non-hydrogen) atoms. The van der Waals surface area contributed by atoms with Gasteiger partial charge < -0.3 is 10.2 Å². The van der Waals surface area contributed by atoms with Crippen molar-refractivity contribution in [1.82, 2.24) is 0 Å². The van der Waals surface area contributed by atoms with Crippen LogP contribution in [0.25, 0.3) is 0 Å². The van der Waals surface area contributed by atoms with E-state index in [1.54, 1.807) is 42.7 Å². The summed E-state index contributed by atoms with van der Waals surface area (Å²) in [6, 6.07) is 11.2. The maximum Gasteiger partial charge on any atom is 0.316 e. The predicted octanol–water partition coefficient (Wildman–Crippen LogP) is 3.36. The molecule has 7 heteroatoms. The molecule has 0 saturated heterocycles. The van der Waals surface area contributed by atoms with E-state index in [-0.39, 0.29) is 11.2 Å². The van der Waals surface area contributed by atoms with Crippen molar-refractivity contribution in [3.8, 4) is 0 Å². The van der Waals surface area contributed by atoms with Crippen molar-refractivity contribution < 1.29 is 18.2 Å². The summed E-state index contributed by atoms with van der Waals surface area (Å²) in [5.41, 5.74) is 1.13. The summed E-state index contributed by atoms with van der Waals surface area (Å²) in [5.74, 6) is -1.77. The topological polar surface area (TPSA) is 66.5 Å². The number of benzene rings is 2. The zero-order valence-corrected chi connectivity index (χ0v) is 16.4. The highest BCUT2D eigenvalue weighted by Gasteiger charge is 2.48. The Morgan fingerprint density at radius 3 is 2.43 bits per heavy atom. The number of halogens is 1. The number of carbonyl (C=O) groups excluding carboxylic acids is 2. The molecular weight excluding hydrogens is 379 g/mol. The van der Waals surface area contributed by atoms with Crippen LogP contribution in [0.1, 0.15) is 31.2 Å². The first kappa shape index (κ1) is 18.8. The fourth-order valence-electron chi connectivity index (χ4n) is 4.41. The fourth-order valence-corrected chi connectivity index (χ4v) is 4.93. The summed E-state index contributed by atoms with van der Waals surface area (Å²) < 4.78 is 26.1. The molecule has 2 aromatic carbocycles.